The molecule has 0 bridgehead atoms. The number of benzene rings is 2. The van der Waals surface area contributed by atoms with Gasteiger partial charge in [-0.3, -0.25) is 4.79 Å². The van der Waals surface area contributed by atoms with Crippen LogP contribution in [-0.4, -0.2) is 12.5 Å². The van der Waals surface area contributed by atoms with E-state index in [4.69, 9.17) is 4.74 Å². The van der Waals surface area contributed by atoms with E-state index in [2.05, 4.69) is 5.32 Å². The van der Waals surface area contributed by atoms with Gasteiger partial charge in [0.2, 0.25) is 0 Å². The van der Waals surface area contributed by atoms with Gasteiger partial charge in [0.25, 0.3) is 5.91 Å². The van der Waals surface area contributed by atoms with E-state index in [1.165, 1.54) is 17.7 Å². The number of hydrogen-bond acceptors (Lipinski definition) is 2. The van der Waals surface area contributed by atoms with Gasteiger partial charge in [0, 0.05) is 0 Å². The van der Waals surface area contributed by atoms with E-state index in [0.29, 0.717) is 0 Å². The summed E-state index contributed by atoms with van der Waals surface area (Å²) in [6, 6.07) is 12.4. The van der Waals surface area contributed by atoms with Gasteiger partial charge in [-0.2, -0.15) is 13.2 Å². The number of amides is 1. The van der Waals surface area contributed by atoms with E-state index in [0.717, 1.165) is 37.0 Å². The molecule has 3 nitrogen and oxygen atoms in total. The highest BCUT2D eigenvalue weighted by molar-refractivity contribution is 5.78. The molecule has 2 aromatic carbocycles. The van der Waals surface area contributed by atoms with E-state index >= 15 is 0 Å². The largest absolute Gasteiger partial charge is 0.484 e. The molecule has 3 rings (SSSR count). The number of halogens is 3. The first-order valence-electron chi connectivity index (χ1n) is 8.11. The number of aryl methyl sites for hydroxylation is 1. The highest BCUT2D eigenvalue weighted by Crippen LogP contribution is 2.31. The van der Waals surface area contributed by atoms with Crippen molar-refractivity contribution in [1.82, 2.24) is 5.32 Å². The molecular weight excluding hydrogens is 331 g/mol. The lowest BCUT2D eigenvalue weighted by Crippen LogP contribution is -2.34. The van der Waals surface area contributed by atoms with Gasteiger partial charge in [0.15, 0.2) is 6.61 Å². The first-order chi connectivity index (χ1) is 11.9. The van der Waals surface area contributed by atoms with Crippen LogP contribution in [0.1, 0.15) is 35.6 Å². The Labute approximate surface area is 143 Å². The van der Waals surface area contributed by atoms with Crippen molar-refractivity contribution in [1.29, 1.82) is 0 Å². The Bertz CT molecular complexity index is 758. The maximum atomic E-state index is 12.7. The van der Waals surface area contributed by atoms with E-state index in [-0.39, 0.29) is 24.3 Å². The number of hydrogen-bond donors (Lipinski definition) is 1. The monoisotopic (exact) mass is 349 g/mol. The number of ether oxygens (including phenoxy) is 1. The number of nitrogens with one attached hydrogen (secondary N) is 1. The molecule has 0 spiro atoms. The number of rotatable bonds is 4. The van der Waals surface area contributed by atoms with Crippen LogP contribution >= 0.6 is 0 Å². The van der Waals surface area contributed by atoms with Gasteiger partial charge >= 0.3 is 6.18 Å². The second-order valence-electron chi connectivity index (χ2n) is 6.03. The fraction of sp³-hybridized carbons (Fsp3) is 0.316. The topological polar surface area (TPSA) is 38.3 Å². The van der Waals surface area contributed by atoms with Crippen LogP contribution in [0.15, 0.2) is 48.5 Å². The Balaban J connectivity index is 1.59. The van der Waals surface area contributed by atoms with E-state index in [1.807, 2.05) is 24.3 Å². The maximum absolute atomic E-state index is 12.7. The molecule has 0 fully saturated rings. The molecule has 0 saturated carbocycles. The van der Waals surface area contributed by atoms with Gasteiger partial charge in [0.05, 0.1) is 11.6 Å². The van der Waals surface area contributed by atoms with E-state index < -0.39 is 11.7 Å². The standard InChI is InChI=1S/C19H18F3NO2/c20-19(21,22)14-7-4-8-15(11-14)25-12-18(24)23-17-10-3-6-13-5-1-2-9-16(13)17/h1-2,4-5,7-9,11,17H,3,6,10,12H2,(H,23,24). The molecule has 1 aliphatic rings. The SMILES string of the molecule is O=C(COc1cccc(C(F)(F)F)c1)NC1CCCc2ccccc21. The zero-order chi connectivity index (χ0) is 17.9. The number of fused-ring (bicyclic) bond motifs is 1. The van der Waals surface area contributed by atoms with Crippen LogP contribution < -0.4 is 10.1 Å². The average Bonchev–Trinajstić information content (AvgIpc) is 2.60. The van der Waals surface area contributed by atoms with Crippen molar-refractivity contribution in [2.24, 2.45) is 0 Å². The van der Waals surface area contributed by atoms with Crippen molar-refractivity contribution >= 4 is 5.91 Å². The molecule has 1 aliphatic carbocycles. The third kappa shape index (κ3) is 4.32. The molecule has 0 saturated heterocycles. The fourth-order valence-electron chi connectivity index (χ4n) is 3.05. The van der Waals surface area contributed by atoms with Crippen LogP contribution in [0, 0.1) is 0 Å². The van der Waals surface area contributed by atoms with E-state index in [9.17, 15) is 18.0 Å². The summed E-state index contributed by atoms with van der Waals surface area (Å²) in [5.74, 6) is -0.326. The number of carbonyl (C=O) groups is 1. The van der Waals surface area contributed by atoms with Crippen molar-refractivity contribution in [3.8, 4) is 5.75 Å². The summed E-state index contributed by atoms with van der Waals surface area (Å²) in [5, 5.41) is 2.90. The van der Waals surface area contributed by atoms with Crippen molar-refractivity contribution in [3.63, 3.8) is 0 Å². The predicted octanol–water partition coefficient (Wildman–Crippen LogP) is 4.28. The molecule has 0 aromatic heterocycles. The van der Waals surface area contributed by atoms with E-state index in [1.54, 1.807) is 0 Å². The van der Waals surface area contributed by atoms with Crippen LogP contribution in [0.3, 0.4) is 0 Å². The van der Waals surface area contributed by atoms with Gasteiger partial charge in [0.1, 0.15) is 5.75 Å². The minimum atomic E-state index is -4.44. The number of alkyl halides is 3. The van der Waals surface area contributed by atoms with Gasteiger partial charge in [-0.05, 0) is 48.6 Å². The summed E-state index contributed by atoms with van der Waals surface area (Å²) < 4.78 is 43.3. The van der Waals surface area contributed by atoms with Crippen LogP contribution in [0.25, 0.3) is 0 Å². The Morgan fingerprint density at radius 1 is 1.16 bits per heavy atom. The average molecular weight is 349 g/mol. The second-order valence-corrected chi connectivity index (χ2v) is 6.03. The minimum absolute atomic E-state index is 0.0222. The normalized spacial score (nSPS) is 16.8. The van der Waals surface area contributed by atoms with Crippen molar-refractivity contribution in [2.45, 2.75) is 31.5 Å². The van der Waals surface area contributed by atoms with Crippen LogP contribution in [-0.2, 0) is 17.4 Å². The molecule has 25 heavy (non-hydrogen) atoms. The summed E-state index contributed by atoms with van der Waals surface area (Å²) in [6.45, 7) is -0.319. The molecule has 0 heterocycles. The molecule has 1 amide bonds. The fourth-order valence-corrected chi connectivity index (χ4v) is 3.05. The maximum Gasteiger partial charge on any atom is 0.416 e. The Morgan fingerprint density at radius 3 is 2.76 bits per heavy atom. The summed E-state index contributed by atoms with van der Waals surface area (Å²) in [5.41, 5.74) is 1.52. The lowest BCUT2D eigenvalue weighted by molar-refractivity contribution is -0.137. The van der Waals surface area contributed by atoms with Crippen LogP contribution in [0.2, 0.25) is 0 Å². The third-order valence-electron chi connectivity index (χ3n) is 4.24. The van der Waals surface area contributed by atoms with Crippen molar-refractivity contribution in [2.75, 3.05) is 6.61 Å². The van der Waals surface area contributed by atoms with Crippen LogP contribution in [0.4, 0.5) is 13.2 Å². The zero-order valence-corrected chi connectivity index (χ0v) is 13.5. The van der Waals surface area contributed by atoms with Crippen LogP contribution in [0.5, 0.6) is 5.75 Å². The highest BCUT2D eigenvalue weighted by Gasteiger charge is 2.30. The minimum Gasteiger partial charge on any atom is -0.484 e. The molecule has 2 aromatic rings. The highest BCUT2D eigenvalue weighted by atomic mass is 19.4. The van der Waals surface area contributed by atoms with Gasteiger partial charge in [-0.1, -0.05) is 30.3 Å². The molecular formula is C19H18F3NO2. The smallest absolute Gasteiger partial charge is 0.416 e. The van der Waals surface area contributed by atoms with Gasteiger partial charge in [-0.25, -0.2) is 0 Å². The predicted molar refractivity (Wildman–Crippen MR) is 87.2 cm³/mol. The molecule has 0 aliphatic heterocycles. The number of carbonyl (C=O) groups excluding carboxylic acids is 1. The molecule has 0 radical (unpaired) electrons. The molecule has 132 valence electrons. The summed E-state index contributed by atoms with van der Waals surface area (Å²) in [7, 11) is 0. The Hall–Kier alpha value is -2.50. The van der Waals surface area contributed by atoms with Crippen molar-refractivity contribution in [3.05, 3.63) is 65.2 Å². The molecule has 1 unspecified atom stereocenters. The molecule has 1 atom stereocenters. The Kier molecular flexibility index (Phi) is 4.97. The molecule has 6 heteroatoms. The molecule has 1 N–H and O–H groups in total. The first-order valence-corrected chi connectivity index (χ1v) is 8.11. The summed E-state index contributed by atoms with van der Waals surface area (Å²) >= 11 is 0. The second kappa shape index (κ2) is 7.17. The lowest BCUT2D eigenvalue weighted by atomic mass is 9.88. The van der Waals surface area contributed by atoms with Gasteiger partial charge in [-0.15, -0.1) is 0 Å². The Morgan fingerprint density at radius 2 is 1.96 bits per heavy atom. The lowest BCUT2D eigenvalue weighted by Gasteiger charge is -2.26. The summed E-state index contributed by atoms with van der Waals surface area (Å²) in [4.78, 5) is 12.1. The zero-order valence-electron chi connectivity index (χ0n) is 13.5. The van der Waals surface area contributed by atoms with Gasteiger partial charge < -0.3 is 10.1 Å². The quantitative estimate of drug-likeness (QED) is 0.895. The third-order valence-corrected chi connectivity index (χ3v) is 4.24. The first kappa shape index (κ1) is 17.3. The van der Waals surface area contributed by atoms with Crippen molar-refractivity contribution < 1.29 is 22.7 Å². The summed E-state index contributed by atoms with van der Waals surface area (Å²) in [6.07, 6.45) is -1.63.